The second-order valence-corrected chi connectivity index (χ2v) is 4.11. The maximum atomic E-state index is 11.1. The smallest absolute Gasteiger partial charge is 0.308 e. The van der Waals surface area contributed by atoms with E-state index in [1.807, 2.05) is 13.8 Å². The van der Waals surface area contributed by atoms with Crippen LogP contribution in [0.5, 0.6) is 0 Å². The van der Waals surface area contributed by atoms with Gasteiger partial charge in [0.1, 0.15) is 7.28 Å². The summed E-state index contributed by atoms with van der Waals surface area (Å²) in [6.07, 6.45) is 6.82. The third kappa shape index (κ3) is 9.49. The van der Waals surface area contributed by atoms with Crippen LogP contribution in [0, 0.1) is 18.3 Å². The Morgan fingerprint density at radius 2 is 2.12 bits per heavy atom. The first kappa shape index (κ1) is 15.6. The molecule has 0 aliphatic carbocycles. The summed E-state index contributed by atoms with van der Waals surface area (Å²) in [7, 11) is 0.918. The van der Waals surface area contributed by atoms with Crippen LogP contribution in [0.4, 0.5) is 0 Å². The van der Waals surface area contributed by atoms with Crippen molar-refractivity contribution in [1.29, 1.82) is 0 Å². The maximum Gasteiger partial charge on any atom is 0.308 e. The summed E-state index contributed by atoms with van der Waals surface area (Å²) < 4.78 is 5.02. The SMILES string of the molecule is C#CCC(=O)NCCBCCOC(=O)C(C)C. The van der Waals surface area contributed by atoms with Gasteiger partial charge in [-0.15, -0.1) is 6.42 Å². The second-order valence-electron chi connectivity index (χ2n) is 4.11. The highest BCUT2D eigenvalue weighted by molar-refractivity contribution is 6.35. The van der Waals surface area contributed by atoms with Crippen molar-refractivity contribution < 1.29 is 14.3 Å². The normalized spacial score (nSPS) is 9.53. The molecule has 94 valence electrons. The minimum atomic E-state index is -0.160. The number of esters is 1. The van der Waals surface area contributed by atoms with Gasteiger partial charge in [0.15, 0.2) is 0 Å². The summed E-state index contributed by atoms with van der Waals surface area (Å²) in [6, 6.07) is 0. The fourth-order valence-corrected chi connectivity index (χ4v) is 1.13. The number of hydrogen-bond acceptors (Lipinski definition) is 3. The van der Waals surface area contributed by atoms with Gasteiger partial charge in [-0.1, -0.05) is 26.1 Å². The molecule has 0 aromatic heterocycles. The molecule has 0 saturated heterocycles. The van der Waals surface area contributed by atoms with Crippen LogP contribution in [0.25, 0.3) is 0 Å². The molecule has 0 aromatic carbocycles. The Kier molecular flexibility index (Phi) is 8.94. The van der Waals surface area contributed by atoms with Gasteiger partial charge in [-0.25, -0.2) is 0 Å². The summed E-state index contributed by atoms with van der Waals surface area (Å²) in [5.74, 6) is 1.94. The zero-order valence-electron chi connectivity index (χ0n) is 10.6. The van der Waals surface area contributed by atoms with Crippen LogP contribution in [0.3, 0.4) is 0 Å². The van der Waals surface area contributed by atoms with Gasteiger partial charge >= 0.3 is 5.97 Å². The average Bonchev–Trinajstić information content (AvgIpc) is 2.27. The lowest BCUT2D eigenvalue weighted by Gasteiger charge is -2.06. The number of terminal acetylenes is 1. The van der Waals surface area contributed by atoms with Crippen molar-refractivity contribution in [3.8, 4) is 12.3 Å². The molecule has 5 heteroatoms. The highest BCUT2D eigenvalue weighted by Gasteiger charge is 2.07. The fraction of sp³-hybridized carbons (Fsp3) is 0.667. The number of carbonyl (C=O) groups excluding carboxylic acids is 2. The van der Waals surface area contributed by atoms with Gasteiger partial charge in [-0.3, -0.25) is 9.59 Å². The molecule has 0 bridgehead atoms. The van der Waals surface area contributed by atoms with Crippen LogP contribution in [-0.4, -0.2) is 32.3 Å². The molecule has 0 aliphatic rings. The zero-order chi connectivity index (χ0) is 13.1. The van der Waals surface area contributed by atoms with Crippen LogP contribution in [0.15, 0.2) is 0 Å². The molecule has 0 heterocycles. The van der Waals surface area contributed by atoms with E-state index in [1.54, 1.807) is 0 Å². The highest BCUT2D eigenvalue weighted by Crippen LogP contribution is 1.97. The van der Waals surface area contributed by atoms with E-state index in [1.165, 1.54) is 0 Å². The Labute approximate surface area is 104 Å². The standard InChI is InChI=1S/C12H20BNO3/c1-4-5-11(15)14-8-6-13-7-9-17-12(16)10(2)3/h1,10,13H,5-9H2,2-3H3,(H,14,15). The fourth-order valence-electron chi connectivity index (χ4n) is 1.13. The van der Waals surface area contributed by atoms with Crippen molar-refractivity contribution in [2.24, 2.45) is 5.92 Å². The lowest BCUT2D eigenvalue weighted by Crippen LogP contribution is -2.24. The van der Waals surface area contributed by atoms with Crippen LogP contribution in [-0.2, 0) is 14.3 Å². The molecule has 0 radical (unpaired) electrons. The molecular formula is C12H20BNO3. The van der Waals surface area contributed by atoms with E-state index in [-0.39, 0.29) is 24.2 Å². The Balaban J connectivity index is 3.28. The van der Waals surface area contributed by atoms with Crippen molar-refractivity contribution in [2.45, 2.75) is 32.9 Å². The number of hydrogen-bond donors (Lipinski definition) is 1. The Hall–Kier alpha value is -1.44. The number of carbonyl (C=O) groups is 2. The van der Waals surface area contributed by atoms with Gasteiger partial charge in [0.2, 0.25) is 5.91 Å². The van der Waals surface area contributed by atoms with Crippen molar-refractivity contribution in [1.82, 2.24) is 5.32 Å². The van der Waals surface area contributed by atoms with Gasteiger partial charge in [0.05, 0.1) is 18.9 Å². The molecule has 0 atom stereocenters. The van der Waals surface area contributed by atoms with Crippen LogP contribution < -0.4 is 5.32 Å². The molecule has 1 amide bonds. The maximum absolute atomic E-state index is 11.1. The molecule has 0 saturated carbocycles. The number of ether oxygens (including phenoxy) is 1. The Morgan fingerprint density at radius 1 is 1.41 bits per heavy atom. The first-order valence-electron chi connectivity index (χ1n) is 5.94. The van der Waals surface area contributed by atoms with E-state index in [2.05, 4.69) is 11.2 Å². The van der Waals surface area contributed by atoms with Gasteiger partial charge in [0, 0.05) is 6.54 Å². The highest BCUT2D eigenvalue weighted by atomic mass is 16.5. The first-order chi connectivity index (χ1) is 8.07. The molecule has 0 unspecified atom stereocenters. The minimum Gasteiger partial charge on any atom is -0.466 e. The third-order valence-corrected chi connectivity index (χ3v) is 2.12. The molecule has 0 fully saturated rings. The molecule has 0 rings (SSSR count). The van der Waals surface area contributed by atoms with Gasteiger partial charge in [-0.2, -0.15) is 0 Å². The monoisotopic (exact) mass is 237 g/mol. The van der Waals surface area contributed by atoms with Gasteiger partial charge in [-0.05, 0) is 6.32 Å². The molecule has 17 heavy (non-hydrogen) atoms. The number of rotatable bonds is 8. The largest absolute Gasteiger partial charge is 0.466 e. The van der Waals surface area contributed by atoms with E-state index < -0.39 is 0 Å². The second kappa shape index (κ2) is 9.77. The van der Waals surface area contributed by atoms with E-state index in [4.69, 9.17) is 11.2 Å². The van der Waals surface area contributed by atoms with E-state index in [0.29, 0.717) is 13.2 Å². The predicted octanol–water partition coefficient (Wildman–Crippen LogP) is 0.598. The molecule has 0 spiro atoms. The van der Waals surface area contributed by atoms with Gasteiger partial charge < -0.3 is 10.1 Å². The molecule has 4 nitrogen and oxygen atoms in total. The van der Waals surface area contributed by atoms with Crippen molar-refractivity contribution in [2.75, 3.05) is 13.2 Å². The summed E-state index contributed by atoms with van der Waals surface area (Å²) in [5.41, 5.74) is 0. The zero-order valence-corrected chi connectivity index (χ0v) is 10.6. The predicted molar refractivity (Wildman–Crippen MR) is 69.0 cm³/mol. The molecule has 1 N–H and O–H groups in total. The summed E-state index contributed by atoms with van der Waals surface area (Å²) in [6.45, 7) is 4.70. The summed E-state index contributed by atoms with van der Waals surface area (Å²) in [5, 5.41) is 2.71. The van der Waals surface area contributed by atoms with Crippen LogP contribution in [0.2, 0.25) is 12.6 Å². The molecular weight excluding hydrogens is 217 g/mol. The minimum absolute atomic E-state index is 0.0712. The quantitative estimate of drug-likeness (QED) is 0.291. The van der Waals surface area contributed by atoms with Crippen molar-refractivity contribution >= 4 is 19.2 Å². The topological polar surface area (TPSA) is 55.4 Å². The summed E-state index contributed by atoms with van der Waals surface area (Å²) in [4.78, 5) is 22.1. The number of nitrogens with one attached hydrogen (secondary N) is 1. The Morgan fingerprint density at radius 3 is 2.71 bits per heavy atom. The van der Waals surface area contributed by atoms with Crippen molar-refractivity contribution in [3.63, 3.8) is 0 Å². The summed E-state index contributed by atoms with van der Waals surface area (Å²) >= 11 is 0. The van der Waals surface area contributed by atoms with Crippen LogP contribution >= 0.6 is 0 Å². The van der Waals surface area contributed by atoms with E-state index in [0.717, 1.165) is 19.9 Å². The first-order valence-corrected chi connectivity index (χ1v) is 5.94. The molecule has 0 aliphatic heterocycles. The Bertz CT molecular complexity index is 284. The average molecular weight is 237 g/mol. The molecule has 0 aromatic rings. The number of amides is 1. The van der Waals surface area contributed by atoms with E-state index >= 15 is 0 Å². The van der Waals surface area contributed by atoms with E-state index in [9.17, 15) is 9.59 Å². The third-order valence-electron chi connectivity index (χ3n) is 2.12. The van der Waals surface area contributed by atoms with Crippen molar-refractivity contribution in [3.05, 3.63) is 0 Å². The van der Waals surface area contributed by atoms with Gasteiger partial charge in [0.25, 0.3) is 0 Å². The lowest BCUT2D eigenvalue weighted by atomic mass is 9.71. The lowest BCUT2D eigenvalue weighted by molar-refractivity contribution is -0.146. The van der Waals surface area contributed by atoms with Crippen LogP contribution in [0.1, 0.15) is 20.3 Å².